The number of H-pyrrole nitrogens is 1. The lowest BCUT2D eigenvalue weighted by Crippen LogP contribution is -2.34. The van der Waals surface area contributed by atoms with Crippen molar-refractivity contribution >= 4 is 5.91 Å². The number of rotatable bonds is 2. The fourth-order valence-electron chi connectivity index (χ4n) is 3.27. The highest BCUT2D eigenvalue weighted by Crippen LogP contribution is 2.25. The number of hydrogen-bond donors (Lipinski definition) is 1. The molecular formula is C16H20N6O3. The van der Waals surface area contributed by atoms with Gasteiger partial charge in [-0.15, -0.1) is 0 Å². The van der Waals surface area contributed by atoms with Gasteiger partial charge < -0.3 is 14.6 Å². The van der Waals surface area contributed by atoms with E-state index in [4.69, 9.17) is 9.72 Å². The summed E-state index contributed by atoms with van der Waals surface area (Å²) in [6, 6.07) is 0. The highest BCUT2D eigenvalue weighted by atomic mass is 16.5. The van der Waals surface area contributed by atoms with Gasteiger partial charge >= 0.3 is 0 Å². The van der Waals surface area contributed by atoms with Gasteiger partial charge in [-0.2, -0.15) is 5.10 Å². The molecule has 0 radical (unpaired) electrons. The molecule has 0 unspecified atom stereocenters. The number of carbonyl (C=O) groups is 1. The zero-order valence-electron chi connectivity index (χ0n) is 13.8. The smallest absolute Gasteiger partial charge is 0.274 e. The van der Waals surface area contributed by atoms with Crippen molar-refractivity contribution in [1.29, 1.82) is 0 Å². The number of nitrogens with zero attached hydrogens (tertiary/aromatic N) is 5. The van der Waals surface area contributed by atoms with Crippen LogP contribution in [-0.2, 0) is 17.7 Å². The fraction of sp³-hybridized carbons (Fsp3) is 0.562. The van der Waals surface area contributed by atoms with Crippen molar-refractivity contribution in [3.63, 3.8) is 0 Å². The van der Waals surface area contributed by atoms with Crippen molar-refractivity contribution in [3.8, 4) is 0 Å². The first-order valence-corrected chi connectivity index (χ1v) is 8.56. The summed E-state index contributed by atoms with van der Waals surface area (Å²) in [5.41, 5.74) is -0.0765. The van der Waals surface area contributed by atoms with Crippen molar-refractivity contribution in [2.24, 2.45) is 0 Å². The molecule has 2 aromatic rings. The second-order valence-corrected chi connectivity index (χ2v) is 6.33. The third-order valence-corrected chi connectivity index (χ3v) is 4.72. The molecule has 0 aromatic carbocycles. The molecule has 4 rings (SSSR count). The highest BCUT2D eigenvalue weighted by Gasteiger charge is 2.25. The normalized spacial score (nSPS) is 18.6. The Morgan fingerprint density at radius 1 is 1.24 bits per heavy atom. The number of aromatic amines is 1. The first kappa shape index (κ1) is 15.9. The molecule has 1 saturated heterocycles. The Balaban J connectivity index is 1.45. The summed E-state index contributed by atoms with van der Waals surface area (Å²) in [7, 11) is 0. The Morgan fingerprint density at radius 2 is 2.08 bits per heavy atom. The molecule has 4 heterocycles. The van der Waals surface area contributed by atoms with Gasteiger partial charge in [0.05, 0.1) is 12.7 Å². The summed E-state index contributed by atoms with van der Waals surface area (Å²) in [5, 5.41) is 4.66. The first-order chi connectivity index (χ1) is 12.2. The largest absolute Gasteiger partial charge is 0.381 e. The van der Waals surface area contributed by atoms with Crippen LogP contribution in [0.4, 0.5) is 0 Å². The Morgan fingerprint density at radius 3 is 2.84 bits per heavy atom. The molecule has 25 heavy (non-hydrogen) atoms. The predicted molar refractivity (Wildman–Crippen MR) is 87.3 cm³/mol. The zero-order valence-corrected chi connectivity index (χ0v) is 13.8. The quantitative estimate of drug-likeness (QED) is 0.819. The second-order valence-electron chi connectivity index (χ2n) is 6.33. The fourth-order valence-corrected chi connectivity index (χ4v) is 3.27. The molecule has 9 heteroatoms. The average Bonchev–Trinajstić information content (AvgIpc) is 2.96. The van der Waals surface area contributed by atoms with Crippen molar-refractivity contribution in [3.05, 3.63) is 40.1 Å². The SMILES string of the molecule is O=C(c1c[nH]c(=O)cn1)N1CCc2nc(C3CCOCC3)nn2CC1. The molecule has 0 atom stereocenters. The molecule has 1 N–H and O–H groups in total. The maximum absolute atomic E-state index is 12.5. The van der Waals surface area contributed by atoms with Gasteiger partial charge in [0.25, 0.3) is 11.5 Å². The van der Waals surface area contributed by atoms with E-state index in [2.05, 4.69) is 15.1 Å². The minimum atomic E-state index is -0.322. The van der Waals surface area contributed by atoms with E-state index in [-0.39, 0.29) is 17.2 Å². The van der Waals surface area contributed by atoms with Crippen LogP contribution in [-0.4, -0.2) is 61.8 Å². The van der Waals surface area contributed by atoms with Gasteiger partial charge in [0.2, 0.25) is 0 Å². The van der Waals surface area contributed by atoms with Crippen LogP contribution in [0.15, 0.2) is 17.2 Å². The number of amides is 1. The number of ether oxygens (including phenoxy) is 1. The number of nitrogens with one attached hydrogen (secondary N) is 1. The molecule has 0 spiro atoms. The molecule has 0 bridgehead atoms. The molecule has 132 valence electrons. The molecule has 2 aromatic heterocycles. The molecule has 1 amide bonds. The number of aromatic nitrogens is 5. The van der Waals surface area contributed by atoms with Gasteiger partial charge in [-0.25, -0.2) is 14.6 Å². The van der Waals surface area contributed by atoms with Crippen LogP contribution in [0.3, 0.4) is 0 Å². The summed E-state index contributed by atoms with van der Waals surface area (Å²) in [4.78, 5) is 36.4. The third kappa shape index (κ3) is 3.32. The van der Waals surface area contributed by atoms with Crippen LogP contribution in [0.1, 0.15) is 40.9 Å². The zero-order chi connectivity index (χ0) is 17.2. The minimum absolute atomic E-state index is 0.188. The Labute approximate surface area is 144 Å². The number of hydrogen-bond acceptors (Lipinski definition) is 6. The number of carbonyl (C=O) groups excluding carboxylic acids is 1. The van der Waals surface area contributed by atoms with Crippen LogP contribution >= 0.6 is 0 Å². The molecule has 9 nitrogen and oxygen atoms in total. The summed E-state index contributed by atoms with van der Waals surface area (Å²) < 4.78 is 7.31. The van der Waals surface area contributed by atoms with Gasteiger partial charge in [-0.3, -0.25) is 9.59 Å². The first-order valence-electron chi connectivity index (χ1n) is 8.56. The summed E-state index contributed by atoms with van der Waals surface area (Å²) >= 11 is 0. The minimum Gasteiger partial charge on any atom is -0.381 e. The predicted octanol–water partition coefficient (Wildman–Crippen LogP) is -0.0461. The van der Waals surface area contributed by atoms with Crippen LogP contribution in [0, 0.1) is 0 Å². The maximum Gasteiger partial charge on any atom is 0.274 e. The number of fused-ring (bicyclic) bond motifs is 1. The van der Waals surface area contributed by atoms with Gasteiger partial charge in [-0.05, 0) is 12.8 Å². The lowest BCUT2D eigenvalue weighted by Gasteiger charge is -2.20. The van der Waals surface area contributed by atoms with Crippen molar-refractivity contribution in [1.82, 2.24) is 29.6 Å². The second kappa shape index (κ2) is 6.75. The van der Waals surface area contributed by atoms with E-state index in [9.17, 15) is 9.59 Å². The van der Waals surface area contributed by atoms with Gasteiger partial charge in [-0.1, -0.05) is 0 Å². The molecular weight excluding hydrogens is 324 g/mol. The van der Waals surface area contributed by atoms with E-state index in [1.807, 2.05) is 4.68 Å². The van der Waals surface area contributed by atoms with Gasteiger partial charge in [0.15, 0.2) is 5.82 Å². The van der Waals surface area contributed by atoms with Gasteiger partial charge in [0.1, 0.15) is 11.5 Å². The molecule has 0 aliphatic carbocycles. The highest BCUT2D eigenvalue weighted by molar-refractivity contribution is 5.91. The monoisotopic (exact) mass is 344 g/mol. The van der Waals surface area contributed by atoms with Crippen molar-refractivity contribution < 1.29 is 9.53 Å². The molecule has 2 aliphatic heterocycles. The summed E-state index contributed by atoms with van der Waals surface area (Å²) in [5.74, 6) is 2.01. The lowest BCUT2D eigenvalue weighted by atomic mass is 10.00. The Hall–Kier alpha value is -2.55. The summed E-state index contributed by atoms with van der Waals surface area (Å²) in [6.07, 6.45) is 5.07. The van der Waals surface area contributed by atoms with Crippen molar-refractivity contribution in [2.45, 2.75) is 31.7 Å². The molecule has 0 saturated carbocycles. The van der Waals surface area contributed by atoms with E-state index in [0.717, 1.165) is 43.9 Å². The average molecular weight is 344 g/mol. The van der Waals surface area contributed by atoms with Gasteiger partial charge in [0, 0.05) is 44.8 Å². The van der Waals surface area contributed by atoms with E-state index < -0.39 is 0 Å². The van der Waals surface area contributed by atoms with E-state index >= 15 is 0 Å². The lowest BCUT2D eigenvalue weighted by molar-refractivity contribution is 0.0750. The molecule has 2 aliphatic rings. The van der Waals surface area contributed by atoms with E-state index in [1.165, 1.54) is 6.20 Å². The van der Waals surface area contributed by atoms with Crippen molar-refractivity contribution in [2.75, 3.05) is 26.3 Å². The Kier molecular flexibility index (Phi) is 4.31. The van der Waals surface area contributed by atoms with E-state index in [1.54, 1.807) is 4.90 Å². The molecule has 1 fully saturated rings. The summed E-state index contributed by atoms with van der Waals surface area (Å²) in [6.45, 7) is 3.25. The van der Waals surface area contributed by atoms with Crippen LogP contribution in [0.5, 0.6) is 0 Å². The third-order valence-electron chi connectivity index (χ3n) is 4.72. The standard InChI is InChI=1S/C16H20N6O3/c23-14-10-17-12(9-18-14)16(24)21-4-1-13-19-15(20-22(13)6-5-21)11-2-7-25-8-3-11/h9-11H,1-8H2,(H,18,23). The van der Waals surface area contributed by atoms with Crippen LogP contribution < -0.4 is 5.56 Å². The Bertz CT molecular complexity index is 778. The topological polar surface area (TPSA) is 106 Å². The van der Waals surface area contributed by atoms with Crippen LogP contribution in [0.2, 0.25) is 0 Å². The van der Waals surface area contributed by atoms with E-state index in [0.29, 0.717) is 32.0 Å². The maximum atomic E-state index is 12.5. The van der Waals surface area contributed by atoms with Crippen LogP contribution in [0.25, 0.3) is 0 Å².